The maximum atomic E-state index is 9.65. The van der Waals surface area contributed by atoms with Crippen LogP contribution in [0.2, 0.25) is 0 Å². The van der Waals surface area contributed by atoms with Crippen molar-refractivity contribution >= 4 is 16.5 Å². The summed E-state index contributed by atoms with van der Waals surface area (Å²) in [7, 11) is 0. The lowest BCUT2D eigenvalue weighted by Gasteiger charge is -2.34. The Labute approximate surface area is 173 Å². The second kappa shape index (κ2) is 8.17. The van der Waals surface area contributed by atoms with Crippen molar-refractivity contribution in [3.05, 3.63) is 76.5 Å². The summed E-state index contributed by atoms with van der Waals surface area (Å²) < 4.78 is 0. The third kappa shape index (κ3) is 3.65. The van der Waals surface area contributed by atoms with Crippen LogP contribution in [0.4, 0.5) is 0 Å². The normalized spacial score (nSPS) is 16.9. The summed E-state index contributed by atoms with van der Waals surface area (Å²) in [5.74, 6) is 0. The van der Waals surface area contributed by atoms with Gasteiger partial charge < -0.3 is 10.1 Å². The molecule has 3 aromatic rings. The average Bonchev–Trinajstić information content (AvgIpc) is 3.19. The number of aromatic amines is 1. The molecule has 0 amide bonds. The van der Waals surface area contributed by atoms with Gasteiger partial charge in [-0.2, -0.15) is 0 Å². The van der Waals surface area contributed by atoms with E-state index in [2.05, 4.69) is 46.4 Å². The fraction of sp³-hybridized carbons (Fsp3) is 0.385. The molecule has 0 fully saturated rings. The van der Waals surface area contributed by atoms with Gasteiger partial charge in [0.25, 0.3) is 0 Å². The Morgan fingerprint density at radius 1 is 0.931 bits per heavy atom. The summed E-state index contributed by atoms with van der Waals surface area (Å²) in [5, 5.41) is 10.9. The zero-order chi connectivity index (χ0) is 19.6. The highest BCUT2D eigenvalue weighted by molar-refractivity contribution is 5.86. The van der Waals surface area contributed by atoms with Crippen molar-refractivity contribution in [2.45, 2.75) is 45.1 Å². The van der Waals surface area contributed by atoms with E-state index in [1.165, 1.54) is 61.7 Å². The van der Waals surface area contributed by atoms with Gasteiger partial charge in [-0.15, -0.1) is 0 Å². The van der Waals surface area contributed by atoms with E-state index in [1.54, 1.807) is 16.7 Å². The molecule has 0 radical (unpaired) electrons. The van der Waals surface area contributed by atoms with Gasteiger partial charge in [0.1, 0.15) is 0 Å². The Kier molecular flexibility index (Phi) is 5.26. The SMILES string of the molecule is OCc1cccc2[nH]cc(CCCCN3CCC4=C(CCc5ccccc54)C3)c12. The summed E-state index contributed by atoms with van der Waals surface area (Å²) in [5.41, 5.74) is 9.90. The molecule has 1 aliphatic carbocycles. The predicted octanol–water partition coefficient (Wildman–Crippen LogP) is 5.09. The number of fused-ring (bicyclic) bond motifs is 3. The fourth-order valence-corrected chi connectivity index (χ4v) is 5.27. The van der Waals surface area contributed by atoms with Gasteiger partial charge in [0.2, 0.25) is 0 Å². The largest absolute Gasteiger partial charge is 0.392 e. The molecule has 5 rings (SSSR count). The number of nitrogens with one attached hydrogen (secondary N) is 1. The number of unbranched alkanes of at least 4 members (excludes halogenated alkanes) is 1. The number of aliphatic hydroxyl groups is 1. The molecule has 0 bridgehead atoms. The molecule has 0 unspecified atom stereocenters. The van der Waals surface area contributed by atoms with Gasteiger partial charge in [-0.25, -0.2) is 0 Å². The lowest BCUT2D eigenvalue weighted by molar-refractivity contribution is 0.282. The van der Waals surface area contributed by atoms with Gasteiger partial charge in [0, 0.05) is 30.2 Å². The molecule has 0 atom stereocenters. The number of benzene rings is 2. The van der Waals surface area contributed by atoms with Crippen molar-refractivity contribution in [2.75, 3.05) is 19.6 Å². The standard InChI is InChI=1S/C26H30N2O/c29-18-22-8-5-10-25-26(22)20(16-27-25)7-3-4-14-28-15-13-24-21(17-28)12-11-19-6-1-2-9-23(19)24/h1-2,5-6,8-10,16,27,29H,3-4,7,11-15,17-18H2. The first-order valence-corrected chi connectivity index (χ1v) is 11.0. The lowest BCUT2D eigenvalue weighted by Crippen LogP contribution is -2.33. The summed E-state index contributed by atoms with van der Waals surface area (Å²) in [6.07, 6.45) is 9.27. The van der Waals surface area contributed by atoms with E-state index in [0.29, 0.717) is 0 Å². The lowest BCUT2D eigenvalue weighted by atomic mass is 9.82. The molecule has 0 saturated carbocycles. The van der Waals surface area contributed by atoms with Crippen molar-refractivity contribution in [1.29, 1.82) is 0 Å². The molecule has 29 heavy (non-hydrogen) atoms. The van der Waals surface area contributed by atoms with E-state index < -0.39 is 0 Å². The first-order valence-electron chi connectivity index (χ1n) is 11.0. The molecule has 2 aliphatic rings. The maximum Gasteiger partial charge on any atom is 0.0688 e. The van der Waals surface area contributed by atoms with Gasteiger partial charge in [-0.1, -0.05) is 42.0 Å². The van der Waals surface area contributed by atoms with Crippen molar-refractivity contribution in [1.82, 2.24) is 9.88 Å². The number of hydrogen-bond acceptors (Lipinski definition) is 2. The van der Waals surface area contributed by atoms with Crippen LogP contribution in [0.25, 0.3) is 16.5 Å². The van der Waals surface area contributed by atoms with E-state index in [-0.39, 0.29) is 6.61 Å². The van der Waals surface area contributed by atoms with Crippen LogP contribution >= 0.6 is 0 Å². The molecular weight excluding hydrogens is 356 g/mol. The van der Waals surface area contributed by atoms with Crippen LogP contribution in [0.5, 0.6) is 0 Å². The van der Waals surface area contributed by atoms with Crippen LogP contribution in [-0.2, 0) is 19.4 Å². The Morgan fingerprint density at radius 3 is 2.79 bits per heavy atom. The summed E-state index contributed by atoms with van der Waals surface area (Å²) >= 11 is 0. The summed E-state index contributed by atoms with van der Waals surface area (Å²) in [6.45, 7) is 3.64. The second-order valence-electron chi connectivity index (χ2n) is 8.53. The molecular formula is C26H30N2O. The van der Waals surface area contributed by atoms with Gasteiger partial charge >= 0.3 is 0 Å². The predicted molar refractivity (Wildman–Crippen MR) is 120 cm³/mol. The minimum atomic E-state index is 0.108. The van der Waals surface area contributed by atoms with Crippen molar-refractivity contribution in [3.8, 4) is 0 Å². The van der Waals surface area contributed by atoms with Crippen molar-refractivity contribution in [2.24, 2.45) is 0 Å². The molecule has 150 valence electrons. The topological polar surface area (TPSA) is 39.3 Å². The van der Waals surface area contributed by atoms with Crippen molar-refractivity contribution in [3.63, 3.8) is 0 Å². The van der Waals surface area contributed by atoms with E-state index in [4.69, 9.17) is 0 Å². The number of aliphatic hydroxyl groups excluding tert-OH is 1. The zero-order valence-electron chi connectivity index (χ0n) is 17.1. The Balaban J connectivity index is 1.18. The van der Waals surface area contributed by atoms with Gasteiger partial charge in [-0.3, -0.25) is 4.90 Å². The van der Waals surface area contributed by atoms with Crippen LogP contribution in [0.3, 0.4) is 0 Å². The van der Waals surface area contributed by atoms with Crippen LogP contribution in [0.1, 0.15) is 47.9 Å². The molecule has 3 heteroatoms. The minimum Gasteiger partial charge on any atom is -0.392 e. The van der Waals surface area contributed by atoms with Gasteiger partial charge in [0.05, 0.1) is 6.61 Å². The highest BCUT2D eigenvalue weighted by Crippen LogP contribution is 2.36. The van der Waals surface area contributed by atoms with E-state index in [0.717, 1.165) is 24.0 Å². The van der Waals surface area contributed by atoms with E-state index >= 15 is 0 Å². The van der Waals surface area contributed by atoms with Crippen LogP contribution < -0.4 is 0 Å². The molecule has 0 spiro atoms. The zero-order valence-corrected chi connectivity index (χ0v) is 17.1. The first-order chi connectivity index (χ1) is 14.3. The van der Waals surface area contributed by atoms with Crippen LogP contribution in [0.15, 0.2) is 54.2 Å². The molecule has 1 aromatic heterocycles. The number of nitrogens with zero attached hydrogens (tertiary/aromatic N) is 1. The highest BCUT2D eigenvalue weighted by atomic mass is 16.3. The number of aryl methyl sites for hydroxylation is 2. The number of hydrogen-bond donors (Lipinski definition) is 2. The molecule has 2 aromatic carbocycles. The third-order valence-corrected chi connectivity index (χ3v) is 6.77. The van der Waals surface area contributed by atoms with Crippen LogP contribution in [0, 0.1) is 0 Å². The summed E-state index contributed by atoms with van der Waals surface area (Å²) in [4.78, 5) is 6.02. The maximum absolute atomic E-state index is 9.65. The summed E-state index contributed by atoms with van der Waals surface area (Å²) in [6, 6.07) is 15.1. The molecule has 2 N–H and O–H groups in total. The third-order valence-electron chi connectivity index (χ3n) is 6.77. The smallest absolute Gasteiger partial charge is 0.0688 e. The molecule has 0 saturated heterocycles. The Morgan fingerprint density at radius 2 is 1.86 bits per heavy atom. The average molecular weight is 387 g/mol. The first kappa shape index (κ1) is 18.7. The number of rotatable bonds is 6. The minimum absolute atomic E-state index is 0.108. The monoisotopic (exact) mass is 386 g/mol. The highest BCUT2D eigenvalue weighted by Gasteiger charge is 2.24. The Bertz CT molecular complexity index is 1050. The second-order valence-corrected chi connectivity index (χ2v) is 8.53. The van der Waals surface area contributed by atoms with Crippen LogP contribution in [-0.4, -0.2) is 34.6 Å². The van der Waals surface area contributed by atoms with E-state index in [9.17, 15) is 5.11 Å². The molecule has 1 aliphatic heterocycles. The molecule has 3 nitrogen and oxygen atoms in total. The fourth-order valence-electron chi connectivity index (χ4n) is 5.27. The number of H-pyrrole nitrogens is 1. The van der Waals surface area contributed by atoms with Gasteiger partial charge in [0.15, 0.2) is 0 Å². The number of aromatic nitrogens is 1. The quantitative estimate of drug-likeness (QED) is 0.579. The molecule has 2 heterocycles. The van der Waals surface area contributed by atoms with Crippen molar-refractivity contribution < 1.29 is 5.11 Å². The Hall–Kier alpha value is -2.36. The van der Waals surface area contributed by atoms with E-state index in [1.807, 2.05) is 12.1 Å². The van der Waals surface area contributed by atoms with Gasteiger partial charge in [-0.05, 0) is 79.0 Å².